The minimum absolute atomic E-state index is 0.0489. The van der Waals surface area contributed by atoms with E-state index < -0.39 is 0 Å². The highest BCUT2D eigenvalue weighted by molar-refractivity contribution is 8.00. The highest BCUT2D eigenvalue weighted by Gasteiger charge is 2.22. The van der Waals surface area contributed by atoms with Crippen LogP contribution in [0.1, 0.15) is 16.1 Å². The lowest BCUT2D eigenvalue weighted by Gasteiger charge is -2.17. The van der Waals surface area contributed by atoms with Gasteiger partial charge in [0.05, 0.1) is 11.4 Å². The molecule has 0 atom stereocenters. The van der Waals surface area contributed by atoms with Gasteiger partial charge in [-0.15, -0.1) is 11.8 Å². The number of hydrogen-bond acceptors (Lipinski definition) is 5. The Bertz CT molecular complexity index is 999. The normalized spacial score (nSPS) is 13.0. The molecule has 0 aliphatic carbocycles. The van der Waals surface area contributed by atoms with Crippen LogP contribution in [0, 0.1) is 6.92 Å². The quantitative estimate of drug-likeness (QED) is 0.734. The van der Waals surface area contributed by atoms with Crippen molar-refractivity contribution >= 4 is 35.0 Å². The summed E-state index contributed by atoms with van der Waals surface area (Å²) in [5.41, 5.74) is 3.00. The van der Waals surface area contributed by atoms with Gasteiger partial charge in [0.1, 0.15) is 17.0 Å². The van der Waals surface area contributed by atoms with Crippen molar-refractivity contribution in [1.82, 2.24) is 5.16 Å². The standard InChI is InChI=1S/C19H15N3O3S/c1-11-17(18(22-25-11)12-5-3-2-4-6-12)19(24)20-13-7-8-15-14(9-13)21-16(23)10-26-15/h2-9H,10H2,1H3,(H,20,24)(H,21,23). The molecule has 7 heteroatoms. The van der Waals surface area contributed by atoms with E-state index in [1.165, 1.54) is 11.8 Å². The third-order valence-corrected chi connectivity index (χ3v) is 5.08. The molecule has 0 saturated carbocycles. The second-order valence-electron chi connectivity index (χ2n) is 5.83. The summed E-state index contributed by atoms with van der Waals surface area (Å²) in [5, 5.41) is 9.71. The Morgan fingerprint density at radius 1 is 1.23 bits per heavy atom. The smallest absolute Gasteiger partial charge is 0.261 e. The van der Waals surface area contributed by atoms with Gasteiger partial charge in [0.25, 0.3) is 5.91 Å². The van der Waals surface area contributed by atoms with Gasteiger partial charge in [-0.25, -0.2) is 0 Å². The number of fused-ring (bicyclic) bond motifs is 1. The summed E-state index contributed by atoms with van der Waals surface area (Å²) in [7, 11) is 0. The number of thioether (sulfide) groups is 1. The first-order chi connectivity index (χ1) is 12.6. The number of aryl methyl sites for hydroxylation is 1. The molecule has 0 saturated heterocycles. The first-order valence-corrected chi connectivity index (χ1v) is 9.00. The molecule has 0 radical (unpaired) electrons. The second-order valence-corrected chi connectivity index (χ2v) is 6.85. The molecule has 1 aliphatic heterocycles. The van der Waals surface area contributed by atoms with Crippen molar-refractivity contribution in [3.63, 3.8) is 0 Å². The maximum Gasteiger partial charge on any atom is 0.261 e. The average Bonchev–Trinajstić information content (AvgIpc) is 3.04. The molecule has 26 heavy (non-hydrogen) atoms. The van der Waals surface area contributed by atoms with Crippen LogP contribution >= 0.6 is 11.8 Å². The van der Waals surface area contributed by atoms with Gasteiger partial charge in [-0.1, -0.05) is 35.5 Å². The third-order valence-electron chi connectivity index (χ3n) is 4.01. The van der Waals surface area contributed by atoms with Crippen molar-refractivity contribution in [2.75, 3.05) is 16.4 Å². The minimum Gasteiger partial charge on any atom is -0.360 e. The molecule has 3 aromatic rings. The molecule has 2 heterocycles. The number of nitrogens with one attached hydrogen (secondary N) is 2. The number of amides is 2. The van der Waals surface area contributed by atoms with E-state index in [9.17, 15) is 9.59 Å². The average molecular weight is 365 g/mol. The molecular formula is C19H15N3O3S. The van der Waals surface area contributed by atoms with Gasteiger partial charge >= 0.3 is 0 Å². The van der Waals surface area contributed by atoms with Crippen LogP contribution in [0.3, 0.4) is 0 Å². The fourth-order valence-electron chi connectivity index (χ4n) is 2.79. The Balaban J connectivity index is 1.63. The molecule has 6 nitrogen and oxygen atoms in total. The zero-order valence-corrected chi connectivity index (χ0v) is 14.7. The van der Waals surface area contributed by atoms with Crippen LogP contribution < -0.4 is 10.6 Å². The maximum atomic E-state index is 12.8. The molecule has 0 unspecified atom stereocenters. The number of rotatable bonds is 3. The van der Waals surface area contributed by atoms with E-state index in [4.69, 9.17) is 4.52 Å². The van der Waals surface area contributed by atoms with Crippen LogP contribution in [0.15, 0.2) is 57.9 Å². The van der Waals surface area contributed by atoms with E-state index in [2.05, 4.69) is 15.8 Å². The van der Waals surface area contributed by atoms with Crippen LogP contribution in [0.25, 0.3) is 11.3 Å². The van der Waals surface area contributed by atoms with E-state index in [0.717, 1.165) is 10.5 Å². The van der Waals surface area contributed by atoms with E-state index >= 15 is 0 Å². The van der Waals surface area contributed by atoms with E-state index in [1.54, 1.807) is 13.0 Å². The van der Waals surface area contributed by atoms with Crippen molar-refractivity contribution in [2.24, 2.45) is 0 Å². The molecule has 130 valence electrons. The highest BCUT2D eigenvalue weighted by Crippen LogP contribution is 2.34. The summed E-state index contributed by atoms with van der Waals surface area (Å²) in [6.07, 6.45) is 0. The highest BCUT2D eigenvalue weighted by atomic mass is 32.2. The SMILES string of the molecule is Cc1onc(-c2ccccc2)c1C(=O)Nc1ccc2c(c1)NC(=O)CS2. The summed E-state index contributed by atoms with van der Waals surface area (Å²) in [6, 6.07) is 14.9. The predicted octanol–water partition coefficient (Wildman–Crippen LogP) is 3.95. The maximum absolute atomic E-state index is 12.8. The van der Waals surface area contributed by atoms with Crippen LogP contribution in [-0.2, 0) is 4.79 Å². The molecule has 1 aliphatic rings. The molecule has 0 spiro atoms. The summed E-state index contributed by atoms with van der Waals surface area (Å²) in [4.78, 5) is 25.4. The fourth-order valence-corrected chi connectivity index (χ4v) is 3.58. The number of carbonyl (C=O) groups excluding carboxylic acids is 2. The molecule has 2 N–H and O–H groups in total. The molecule has 2 aromatic carbocycles. The lowest BCUT2D eigenvalue weighted by molar-refractivity contribution is -0.113. The monoisotopic (exact) mass is 365 g/mol. The Labute approximate surface area is 154 Å². The van der Waals surface area contributed by atoms with Crippen molar-refractivity contribution in [2.45, 2.75) is 11.8 Å². The third kappa shape index (κ3) is 3.09. The summed E-state index contributed by atoms with van der Waals surface area (Å²) in [6.45, 7) is 1.71. The van der Waals surface area contributed by atoms with Crippen molar-refractivity contribution in [1.29, 1.82) is 0 Å². The van der Waals surface area contributed by atoms with Gasteiger partial charge in [0.2, 0.25) is 5.91 Å². The number of benzene rings is 2. The number of carbonyl (C=O) groups is 2. The molecular weight excluding hydrogens is 350 g/mol. The number of aromatic nitrogens is 1. The molecule has 0 bridgehead atoms. The van der Waals surface area contributed by atoms with Crippen molar-refractivity contribution in [3.05, 3.63) is 59.9 Å². The second kappa shape index (κ2) is 6.68. The summed E-state index contributed by atoms with van der Waals surface area (Å²) < 4.78 is 5.24. The van der Waals surface area contributed by atoms with Gasteiger partial charge in [0, 0.05) is 16.1 Å². The Hall–Kier alpha value is -3.06. The largest absolute Gasteiger partial charge is 0.360 e. The van der Waals surface area contributed by atoms with Gasteiger partial charge < -0.3 is 15.2 Å². The molecule has 2 amide bonds. The molecule has 4 rings (SSSR count). The zero-order chi connectivity index (χ0) is 18.1. The number of hydrogen-bond donors (Lipinski definition) is 2. The van der Waals surface area contributed by atoms with Gasteiger partial charge in [-0.05, 0) is 25.1 Å². The first kappa shape index (κ1) is 16.4. The van der Waals surface area contributed by atoms with Gasteiger partial charge in [0.15, 0.2) is 0 Å². The molecule has 1 aromatic heterocycles. The minimum atomic E-state index is -0.308. The van der Waals surface area contributed by atoms with Crippen LogP contribution in [-0.4, -0.2) is 22.7 Å². The number of nitrogens with zero attached hydrogens (tertiary/aromatic N) is 1. The van der Waals surface area contributed by atoms with Gasteiger partial charge in [-0.2, -0.15) is 0 Å². The van der Waals surface area contributed by atoms with Crippen LogP contribution in [0.5, 0.6) is 0 Å². The Morgan fingerprint density at radius 3 is 2.85 bits per heavy atom. The van der Waals surface area contributed by atoms with Crippen LogP contribution in [0.2, 0.25) is 0 Å². The number of anilines is 2. The van der Waals surface area contributed by atoms with Gasteiger partial charge in [-0.3, -0.25) is 9.59 Å². The van der Waals surface area contributed by atoms with E-state index in [-0.39, 0.29) is 11.8 Å². The van der Waals surface area contributed by atoms with E-state index in [1.807, 2.05) is 42.5 Å². The predicted molar refractivity (Wildman–Crippen MR) is 100 cm³/mol. The van der Waals surface area contributed by atoms with Crippen molar-refractivity contribution in [3.8, 4) is 11.3 Å². The van der Waals surface area contributed by atoms with Crippen molar-refractivity contribution < 1.29 is 14.1 Å². The van der Waals surface area contributed by atoms with E-state index in [0.29, 0.717) is 34.1 Å². The molecule has 0 fully saturated rings. The Kier molecular flexibility index (Phi) is 4.22. The zero-order valence-electron chi connectivity index (χ0n) is 13.9. The summed E-state index contributed by atoms with van der Waals surface area (Å²) >= 11 is 1.47. The topological polar surface area (TPSA) is 84.2 Å². The lowest BCUT2D eigenvalue weighted by atomic mass is 10.1. The first-order valence-electron chi connectivity index (χ1n) is 8.01. The summed E-state index contributed by atoms with van der Waals surface area (Å²) in [5.74, 6) is 0.492. The van der Waals surface area contributed by atoms with Crippen LogP contribution in [0.4, 0.5) is 11.4 Å². The Morgan fingerprint density at radius 2 is 2.04 bits per heavy atom. The lowest BCUT2D eigenvalue weighted by Crippen LogP contribution is -2.19. The fraction of sp³-hybridized carbons (Fsp3) is 0.105.